The molecule has 0 aromatic heterocycles. The molecule has 0 aliphatic heterocycles. The minimum atomic E-state index is -0.0829. The Hall–Kier alpha value is -0.410. The zero-order valence-corrected chi connectivity index (χ0v) is 14.0. The molecule has 0 amide bonds. The molecule has 1 aliphatic rings. The highest BCUT2D eigenvalue weighted by atomic mass is 79.9. The minimum Gasteiger partial charge on any atom is -0.310 e. The quantitative estimate of drug-likeness (QED) is 0.750. The van der Waals surface area contributed by atoms with Gasteiger partial charge in [-0.3, -0.25) is 0 Å². The van der Waals surface area contributed by atoms with Gasteiger partial charge in [0, 0.05) is 16.1 Å². The molecule has 20 heavy (non-hydrogen) atoms. The van der Waals surface area contributed by atoms with Crippen LogP contribution in [0.3, 0.4) is 0 Å². The van der Waals surface area contributed by atoms with Crippen LogP contribution in [0, 0.1) is 17.7 Å². The van der Waals surface area contributed by atoms with Crippen LogP contribution in [0.25, 0.3) is 0 Å². The average Bonchev–Trinajstić information content (AvgIpc) is 2.44. The smallest absolute Gasteiger partial charge is 0.128 e. The molecule has 0 saturated heterocycles. The molecule has 1 unspecified atom stereocenters. The number of halogens is 2. The van der Waals surface area contributed by atoms with Crippen LogP contribution in [0.4, 0.5) is 4.39 Å². The van der Waals surface area contributed by atoms with Crippen LogP contribution in [0.1, 0.15) is 57.6 Å². The number of benzene rings is 1. The Morgan fingerprint density at radius 3 is 2.65 bits per heavy atom. The van der Waals surface area contributed by atoms with E-state index in [1.807, 2.05) is 6.07 Å². The maximum atomic E-state index is 14.2. The second kappa shape index (κ2) is 7.56. The van der Waals surface area contributed by atoms with Crippen LogP contribution in [0.5, 0.6) is 0 Å². The highest BCUT2D eigenvalue weighted by Crippen LogP contribution is 2.38. The van der Waals surface area contributed by atoms with E-state index in [1.165, 1.54) is 25.7 Å². The molecule has 1 aromatic carbocycles. The van der Waals surface area contributed by atoms with Gasteiger partial charge in [-0.05, 0) is 55.8 Å². The summed E-state index contributed by atoms with van der Waals surface area (Å²) in [6, 6.07) is 5.45. The molecule has 0 radical (unpaired) electrons. The van der Waals surface area contributed by atoms with Crippen LogP contribution in [0.2, 0.25) is 0 Å². The number of rotatable bonds is 5. The summed E-state index contributed by atoms with van der Waals surface area (Å²) < 4.78 is 15.2. The van der Waals surface area contributed by atoms with Crippen LogP contribution >= 0.6 is 15.9 Å². The zero-order valence-electron chi connectivity index (χ0n) is 12.5. The fourth-order valence-electron chi connectivity index (χ4n) is 3.20. The van der Waals surface area contributed by atoms with E-state index in [9.17, 15) is 4.39 Å². The molecular weight excluding hydrogens is 317 g/mol. The Balaban J connectivity index is 2.20. The second-order valence-corrected chi connectivity index (χ2v) is 7.03. The summed E-state index contributed by atoms with van der Waals surface area (Å²) in [4.78, 5) is 0. The Labute approximate surface area is 130 Å². The first kappa shape index (κ1) is 16.0. The maximum Gasteiger partial charge on any atom is 0.128 e. The first-order valence-corrected chi connectivity index (χ1v) is 8.59. The second-order valence-electron chi connectivity index (χ2n) is 6.12. The van der Waals surface area contributed by atoms with Gasteiger partial charge in [0.2, 0.25) is 0 Å². The predicted octanol–water partition coefficient (Wildman–Crippen LogP) is 5.46. The molecular formula is C17H25BrFN. The van der Waals surface area contributed by atoms with E-state index < -0.39 is 0 Å². The lowest BCUT2D eigenvalue weighted by atomic mass is 9.77. The molecule has 1 nitrogen and oxygen atoms in total. The van der Waals surface area contributed by atoms with E-state index in [-0.39, 0.29) is 11.9 Å². The van der Waals surface area contributed by atoms with Gasteiger partial charge in [0.25, 0.3) is 0 Å². The molecule has 1 fully saturated rings. The van der Waals surface area contributed by atoms with Crippen molar-refractivity contribution in [1.82, 2.24) is 5.32 Å². The third kappa shape index (κ3) is 4.05. The third-order valence-electron chi connectivity index (χ3n) is 4.44. The highest BCUT2D eigenvalue weighted by molar-refractivity contribution is 9.10. The van der Waals surface area contributed by atoms with Gasteiger partial charge >= 0.3 is 0 Å². The summed E-state index contributed by atoms with van der Waals surface area (Å²) in [7, 11) is 0. The molecule has 2 rings (SSSR count). The molecule has 1 N–H and O–H groups in total. The van der Waals surface area contributed by atoms with Crippen molar-refractivity contribution in [2.45, 2.75) is 52.0 Å². The van der Waals surface area contributed by atoms with Crippen molar-refractivity contribution in [3.8, 4) is 0 Å². The normalized spacial score (nSPS) is 24.6. The first-order valence-electron chi connectivity index (χ1n) is 7.80. The van der Waals surface area contributed by atoms with Gasteiger partial charge in [-0.1, -0.05) is 42.6 Å². The Morgan fingerprint density at radius 1 is 1.30 bits per heavy atom. The van der Waals surface area contributed by atoms with Gasteiger partial charge < -0.3 is 5.32 Å². The molecule has 0 heterocycles. The van der Waals surface area contributed by atoms with Gasteiger partial charge in [-0.2, -0.15) is 0 Å². The Kier molecular flexibility index (Phi) is 6.03. The Morgan fingerprint density at radius 2 is 2.00 bits per heavy atom. The SMILES string of the molecule is CCCNC(c1cc(Br)ccc1F)C1CCC(C)CC1. The van der Waals surface area contributed by atoms with E-state index in [2.05, 4.69) is 35.1 Å². The average molecular weight is 342 g/mol. The first-order chi connectivity index (χ1) is 9.61. The van der Waals surface area contributed by atoms with Gasteiger partial charge in [0.15, 0.2) is 0 Å². The van der Waals surface area contributed by atoms with Crippen molar-refractivity contribution < 1.29 is 4.39 Å². The molecule has 1 atom stereocenters. The van der Waals surface area contributed by atoms with E-state index in [1.54, 1.807) is 12.1 Å². The summed E-state index contributed by atoms with van der Waals surface area (Å²) in [5.41, 5.74) is 0.826. The summed E-state index contributed by atoms with van der Waals surface area (Å²) in [5, 5.41) is 3.58. The lowest BCUT2D eigenvalue weighted by Crippen LogP contribution is -2.32. The minimum absolute atomic E-state index is 0.0829. The van der Waals surface area contributed by atoms with Crippen molar-refractivity contribution >= 4 is 15.9 Å². The van der Waals surface area contributed by atoms with E-state index in [0.717, 1.165) is 28.9 Å². The lowest BCUT2D eigenvalue weighted by molar-refractivity contribution is 0.228. The van der Waals surface area contributed by atoms with Crippen LogP contribution in [-0.4, -0.2) is 6.54 Å². The standard InChI is InChI=1S/C17H25BrFN/c1-3-10-20-17(13-6-4-12(2)5-7-13)15-11-14(18)8-9-16(15)19/h8-9,11-13,17,20H,3-7,10H2,1-2H3. The Bertz CT molecular complexity index is 427. The molecule has 1 aliphatic carbocycles. The highest BCUT2D eigenvalue weighted by Gasteiger charge is 2.28. The third-order valence-corrected chi connectivity index (χ3v) is 4.93. The van der Waals surface area contributed by atoms with Crippen LogP contribution in [0.15, 0.2) is 22.7 Å². The molecule has 0 spiro atoms. The van der Waals surface area contributed by atoms with Crippen molar-refractivity contribution in [3.63, 3.8) is 0 Å². The van der Waals surface area contributed by atoms with Crippen LogP contribution in [-0.2, 0) is 0 Å². The fourth-order valence-corrected chi connectivity index (χ4v) is 3.58. The van der Waals surface area contributed by atoms with Gasteiger partial charge in [-0.15, -0.1) is 0 Å². The van der Waals surface area contributed by atoms with Gasteiger partial charge in [0.1, 0.15) is 5.82 Å². The molecule has 1 saturated carbocycles. The number of hydrogen-bond donors (Lipinski definition) is 1. The molecule has 0 bridgehead atoms. The maximum absolute atomic E-state index is 14.2. The van der Waals surface area contributed by atoms with Crippen molar-refractivity contribution in [2.75, 3.05) is 6.54 Å². The monoisotopic (exact) mass is 341 g/mol. The number of nitrogens with one attached hydrogen (secondary N) is 1. The van der Waals surface area contributed by atoms with Crippen molar-refractivity contribution in [3.05, 3.63) is 34.1 Å². The van der Waals surface area contributed by atoms with Gasteiger partial charge in [-0.25, -0.2) is 4.39 Å². The predicted molar refractivity (Wildman–Crippen MR) is 86.3 cm³/mol. The summed E-state index contributed by atoms with van der Waals surface area (Å²) in [6.07, 6.45) is 6.02. The van der Waals surface area contributed by atoms with E-state index in [0.29, 0.717) is 5.92 Å². The lowest BCUT2D eigenvalue weighted by Gasteiger charge is -2.34. The zero-order chi connectivity index (χ0) is 14.5. The van der Waals surface area contributed by atoms with Crippen molar-refractivity contribution in [1.29, 1.82) is 0 Å². The van der Waals surface area contributed by atoms with Crippen LogP contribution < -0.4 is 5.32 Å². The topological polar surface area (TPSA) is 12.0 Å². The van der Waals surface area contributed by atoms with Gasteiger partial charge in [0.05, 0.1) is 0 Å². The molecule has 1 aromatic rings. The molecule has 112 valence electrons. The summed E-state index contributed by atoms with van der Waals surface area (Å²) in [6.45, 7) is 5.43. The van der Waals surface area contributed by atoms with E-state index in [4.69, 9.17) is 0 Å². The summed E-state index contributed by atoms with van der Waals surface area (Å²) in [5.74, 6) is 1.30. The fraction of sp³-hybridized carbons (Fsp3) is 0.647. The van der Waals surface area contributed by atoms with Crippen molar-refractivity contribution in [2.24, 2.45) is 11.8 Å². The molecule has 3 heteroatoms. The number of hydrogen-bond acceptors (Lipinski definition) is 1. The summed E-state index contributed by atoms with van der Waals surface area (Å²) >= 11 is 3.47. The largest absolute Gasteiger partial charge is 0.310 e. The van der Waals surface area contributed by atoms with E-state index >= 15 is 0 Å².